The second-order valence-electron chi connectivity index (χ2n) is 8.42. The smallest absolute Gasteiger partial charge is 0.223 e. The van der Waals surface area contributed by atoms with Crippen molar-refractivity contribution in [3.63, 3.8) is 0 Å². The number of aromatic nitrogens is 2. The quantitative estimate of drug-likeness (QED) is 0.861. The molecule has 4 rings (SSSR count). The summed E-state index contributed by atoms with van der Waals surface area (Å²) in [5.41, 5.74) is 4.13. The molecule has 0 bridgehead atoms. The van der Waals surface area contributed by atoms with Crippen LogP contribution in [0, 0.1) is 25.6 Å². The Bertz CT molecular complexity index is 887. The van der Waals surface area contributed by atoms with Crippen molar-refractivity contribution in [2.24, 2.45) is 13.0 Å². The first-order valence-electron chi connectivity index (χ1n) is 10.1. The van der Waals surface area contributed by atoms with Gasteiger partial charge < -0.3 is 10.2 Å². The second kappa shape index (κ2) is 7.32. The van der Waals surface area contributed by atoms with Gasteiger partial charge >= 0.3 is 0 Å². The minimum atomic E-state index is -0.100. The van der Waals surface area contributed by atoms with Gasteiger partial charge in [0.2, 0.25) is 5.91 Å². The number of aryl methyl sites for hydroxylation is 2. The van der Waals surface area contributed by atoms with Gasteiger partial charge in [-0.1, -0.05) is 18.2 Å². The van der Waals surface area contributed by atoms with Crippen LogP contribution in [0.2, 0.25) is 0 Å². The molecule has 6 heteroatoms. The number of carbonyl (C=O) groups is 1. The third-order valence-corrected chi connectivity index (χ3v) is 6.71. The Hall–Kier alpha value is -2.21. The zero-order chi connectivity index (χ0) is 20.0. The number of carbonyl (C=O) groups excluding carboxylic acids is 1. The third-order valence-electron chi connectivity index (χ3n) is 6.71. The van der Waals surface area contributed by atoms with Crippen LogP contribution in [-0.2, 0) is 11.8 Å². The standard InChI is InChI=1S/C22H29FN4O/c1-13-21(14(2)27(4)25-13)22-16(11-20(28)26(22)3)12-24-17-9-15(10-17)18-7-5-6-8-19(18)23/h5-8,15-17,22,24H,9-12H2,1-4H3/t15?,16-,17?,22+/m0/s1. The highest BCUT2D eigenvalue weighted by Gasteiger charge is 2.41. The number of amides is 1. The van der Waals surface area contributed by atoms with Crippen molar-refractivity contribution < 1.29 is 9.18 Å². The zero-order valence-electron chi connectivity index (χ0n) is 17.1. The van der Waals surface area contributed by atoms with E-state index in [0.29, 0.717) is 18.4 Å². The normalized spacial score (nSPS) is 27.3. The first-order valence-corrected chi connectivity index (χ1v) is 10.1. The Labute approximate surface area is 165 Å². The lowest BCUT2D eigenvalue weighted by Crippen LogP contribution is -2.43. The lowest BCUT2D eigenvalue weighted by molar-refractivity contribution is -0.127. The summed E-state index contributed by atoms with van der Waals surface area (Å²) in [7, 11) is 3.85. The largest absolute Gasteiger partial charge is 0.338 e. The van der Waals surface area contributed by atoms with E-state index in [1.807, 2.05) is 42.7 Å². The molecule has 2 fully saturated rings. The summed E-state index contributed by atoms with van der Waals surface area (Å²) in [5, 5.41) is 8.18. The van der Waals surface area contributed by atoms with Crippen LogP contribution in [0.3, 0.4) is 0 Å². The number of benzene rings is 1. The van der Waals surface area contributed by atoms with Crippen LogP contribution in [0.4, 0.5) is 4.39 Å². The first kappa shape index (κ1) is 19.1. The molecule has 2 heterocycles. The summed E-state index contributed by atoms with van der Waals surface area (Å²) in [6, 6.07) is 7.54. The van der Waals surface area contributed by atoms with E-state index in [-0.39, 0.29) is 23.7 Å². The molecule has 5 nitrogen and oxygen atoms in total. The number of rotatable bonds is 5. The Morgan fingerprint density at radius 3 is 2.57 bits per heavy atom. The van der Waals surface area contributed by atoms with Crippen LogP contribution in [0.1, 0.15) is 53.7 Å². The zero-order valence-corrected chi connectivity index (χ0v) is 17.1. The second-order valence-corrected chi connectivity index (χ2v) is 8.42. The Morgan fingerprint density at radius 2 is 1.93 bits per heavy atom. The van der Waals surface area contributed by atoms with Gasteiger partial charge in [0.25, 0.3) is 0 Å². The van der Waals surface area contributed by atoms with Gasteiger partial charge in [0.15, 0.2) is 0 Å². The van der Waals surface area contributed by atoms with E-state index in [4.69, 9.17) is 0 Å². The summed E-state index contributed by atoms with van der Waals surface area (Å²) in [6.07, 6.45) is 2.46. The van der Waals surface area contributed by atoms with E-state index in [2.05, 4.69) is 17.3 Å². The van der Waals surface area contributed by atoms with E-state index < -0.39 is 0 Å². The molecule has 2 aromatic rings. The molecular formula is C22H29FN4O. The molecule has 28 heavy (non-hydrogen) atoms. The van der Waals surface area contributed by atoms with Crippen molar-refractivity contribution in [2.45, 2.75) is 51.1 Å². The SMILES string of the molecule is Cc1nn(C)c(C)c1[C@H]1[C@H](CNC2CC(c3ccccc3F)C2)CC(=O)N1C. The highest BCUT2D eigenvalue weighted by atomic mass is 19.1. The average Bonchev–Trinajstić information content (AvgIpc) is 3.03. The van der Waals surface area contributed by atoms with Crippen LogP contribution >= 0.6 is 0 Å². The van der Waals surface area contributed by atoms with Gasteiger partial charge in [-0.3, -0.25) is 9.48 Å². The van der Waals surface area contributed by atoms with Crippen molar-refractivity contribution in [1.82, 2.24) is 20.0 Å². The Morgan fingerprint density at radius 1 is 1.21 bits per heavy atom. The molecule has 0 spiro atoms. The number of hydrogen-bond donors (Lipinski definition) is 1. The summed E-state index contributed by atoms with van der Waals surface area (Å²) >= 11 is 0. The van der Waals surface area contributed by atoms with Gasteiger partial charge in [-0.15, -0.1) is 0 Å². The van der Waals surface area contributed by atoms with Crippen molar-refractivity contribution in [1.29, 1.82) is 0 Å². The summed E-state index contributed by atoms with van der Waals surface area (Å²) < 4.78 is 15.9. The maximum Gasteiger partial charge on any atom is 0.223 e. The summed E-state index contributed by atoms with van der Waals surface area (Å²) in [5.74, 6) is 0.616. The van der Waals surface area contributed by atoms with E-state index >= 15 is 0 Å². The minimum absolute atomic E-state index is 0.0659. The third kappa shape index (κ3) is 3.24. The fraction of sp³-hybridized carbons (Fsp3) is 0.545. The molecular weight excluding hydrogens is 355 g/mol. The maximum atomic E-state index is 14.0. The van der Waals surface area contributed by atoms with Crippen molar-refractivity contribution in [3.05, 3.63) is 52.6 Å². The molecule has 1 aromatic carbocycles. The molecule has 1 aromatic heterocycles. The number of hydrogen-bond acceptors (Lipinski definition) is 3. The number of halogens is 1. The highest BCUT2D eigenvalue weighted by Crippen LogP contribution is 2.41. The van der Waals surface area contributed by atoms with Gasteiger partial charge in [0.05, 0.1) is 11.7 Å². The average molecular weight is 384 g/mol. The van der Waals surface area contributed by atoms with Gasteiger partial charge in [-0.25, -0.2) is 4.39 Å². The lowest BCUT2D eigenvalue weighted by atomic mass is 9.75. The van der Waals surface area contributed by atoms with E-state index in [1.165, 1.54) is 5.56 Å². The van der Waals surface area contributed by atoms with E-state index in [9.17, 15) is 9.18 Å². The topological polar surface area (TPSA) is 50.2 Å². The van der Waals surface area contributed by atoms with Gasteiger partial charge in [-0.05, 0) is 44.2 Å². The predicted molar refractivity (Wildman–Crippen MR) is 106 cm³/mol. The molecule has 150 valence electrons. The Balaban J connectivity index is 1.40. The molecule has 2 aliphatic rings. The number of likely N-dealkylation sites (tertiary alicyclic amines) is 1. The van der Waals surface area contributed by atoms with Gasteiger partial charge in [0.1, 0.15) is 5.82 Å². The molecule has 1 amide bonds. The van der Waals surface area contributed by atoms with E-state index in [0.717, 1.165) is 36.3 Å². The van der Waals surface area contributed by atoms with E-state index in [1.54, 1.807) is 12.1 Å². The summed E-state index contributed by atoms with van der Waals surface area (Å²) in [4.78, 5) is 14.3. The predicted octanol–water partition coefficient (Wildman–Crippen LogP) is 3.23. The van der Waals surface area contributed by atoms with Crippen LogP contribution in [0.25, 0.3) is 0 Å². The molecule has 1 N–H and O–H groups in total. The number of nitrogens with one attached hydrogen (secondary N) is 1. The maximum absolute atomic E-state index is 14.0. The van der Waals surface area contributed by atoms with Crippen LogP contribution in [0.5, 0.6) is 0 Å². The Kier molecular flexibility index (Phi) is 5.00. The molecule has 2 atom stereocenters. The molecule has 0 radical (unpaired) electrons. The first-order chi connectivity index (χ1) is 13.4. The number of nitrogens with zero attached hydrogens (tertiary/aromatic N) is 3. The fourth-order valence-corrected chi connectivity index (χ4v) is 4.95. The molecule has 1 aliphatic heterocycles. The highest BCUT2D eigenvalue weighted by molar-refractivity contribution is 5.79. The lowest BCUT2D eigenvalue weighted by Gasteiger charge is -2.37. The van der Waals surface area contributed by atoms with Crippen LogP contribution in [-0.4, -0.2) is 40.2 Å². The molecule has 1 saturated carbocycles. The van der Waals surface area contributed by atoms with Gasteiger partial charge in [0, 0.05) is 50.3 Å². The van der Waals surface area contributed by atoms with Crippen LogP contribution < -0.4 is 5.32 Å². The van der Waals surface area contributed by atoms with Crippen molar-refractivity contribution in [2.75, 3.05) is 13.6 Å². The van der Waals surface area contributed by atoms with Crippen molar-refractivity contribution in [3.8, 4) is 0 Å². The fourth-order valence-electron chi connectivity index (χ4n) is 4.95. The minimum Gasteiger partial charge on any atom is -0.338 e. The summed E-state index contributed by atoms with van der Waals surface area (Å²) in [6.45, 7) is 4.89. The monoisotopic (exact) mass is 384 g/mol. The van der Waals surface area contributed by atoms with Gasteiger partial charge in [-0.2, -0.15) is 5.10 Å². The molecule has 1 saturated heterocycles. The van der Waals surface area contributed by atoms with Crippen LogP contribution in [0.15, 0.2) is 24.3 Å². The molecule has 0 unspecified atom stereocenters. The molecule has 1 aliphatic carbocycles. The van der Waals surface area contributed by atoms with Crippen molar-refractivity contribution >= 4 is 5.91 Å².